The monoisotopic (exact) mass is 520 g/mol. The van der Waals surface area contributed by atoms with Crippen LogP contribution in [0.5, 0.6) is 5.75 Å². The van der Waals surface area contributed by atoms with Crippen LogP contribution in [-0.2, 0) is 27.8 Å². The third-order valence-corrected chi connectivity index (χ3v) is 8.96. The van der Waals surface area contributed by atoms with E-state index in [2.05, 4.69) is 0 Å². The van der Waals surface area contributed by atoms with Crippen molar-refractivity contribution < 1.29 is 17.9 Å². The van der Waals surface area contributed by atoms with Gasteiger partial charge >= 0.3 is 0 Å². The van der Waals surface area contributed by atoms with Crippen LogP contribution in [-0.4, -0.2) is 50.3 Å². The van der Waals surface area contributed by atoms with Gasteiger partial charge in [-0.3, -0.25) is 4.79 Å². The van der Waals surface area contributed by atoms with Crippen LogP contribution in [0, 0.1) is 5.41 Å². The zero-order chi connectivity index (χ0) is 26.3. The Kier molecular flexibility index (Phi) is 8.67. The van der Waals surface area contributed by atoms with Gasteiger partial charge in [-0.15, -0.1) is 0 Å². The molecule has 1 amide bonds. The fourth-order valence-corrected chi connectivity index (χ4v) is 6.47. The van der Waals surface area contributed by atoms with Crippen molar-refractivity contribution in [3.05, 3.63) is 96.1 Å². The first-order valence-electron chi connectivity index (χ1n) is 12.9. The number of nitrogens with zero attached hydrogens (tertiary/aromatic N) is 2. The second kappa shape index (κ2) is 11.9. The Balaban J connectivity index is 1.56. The Labute approximate surface area is 220 Å². The summed E-state index contributed by atoms with van der Waals surface area (Å²) in [6.45, 7) is 3.48. The highest BCUT2D eigenvalue weighted by Gasteiger charge is 2.43. The first-order chi connectivity index (χ1) is 17.8. The van der Waals surface area contributed by atoms with Crippen LogP contribution in [0.1, 0.15) is 37.3 Å². The lowest BCUT2D eigenvalue weighted by atomic mass is 9.78. The minimum absolute atomic E-state index is 0.0212. The van der Waals surface area contributed by atoms with E-state index in [4.69, 9.17) is 4.74 Å². The molecule has 0 saturated carbocycles. The molecule has 0 bridgehead atoms. The molecule has 0 unspecified atom stereocenters. The molecule has 3 aromatic rings. The molecule has 1 fully saturated rings. The molecule has 1 atom stereocenters. The molecule has 0 radical (unpaired) electrons. The SMILES string of the molecule is CCc1ccc(S(=O)(=O)N2CCC[C@](COc3ccccc3)(CC(=O)N(C)Cc3ccccc3)C2)cc1. The molecule has 196 valence electrons. The molecule has 0 aliphatic carbocycles. The van der Waals surface area contributed by atoms with Gasteiger partial charge in [-0.1, -0.05) is 67.6 Å². The van der Waals surface area contributed by atoms with Gasteiger partial charge in [0.2, 0.25) is 15.9 Å². The molecule has 4 rings (SSSR count). The molecule has 1 aliphatic rings. The van der Waals surface area contributed by atoms with Crippen LogP contribution in [0.2, 0.25) is 0 Å². The molecular formula is C30H36N2O4S. The van der Waals surface area contributed by atoms with E-state index < -0.39 is 15.4 Å². The van der Waals surface area contributed by atoms with Crippen LogP contribution in [0.25, 0.3) is 0 Å². The highest BCUT2D eigenvalue weighted by molar-refractivity contribution is 7.89. The van der Waals surface area contributed by atoms with Crippen molar-refractivity contribution in [3.8, 4) is 5.75 Å². The molecule has 3 aromatic carbocycles. The predicted octanol–water partition coefficient (Wildman–Crippen LogP) is 5.15. The second-order valence-electron chi connectivity index (χ2n) is 9.95. The van der Waals surface area contributed by atoms with Crippen molar-refractivity contribution in [2.24, 2.45) is 5.41 Å². The maximum atomic E-state index is 13.6. The van der Waals surface area contributed by atoms with Crippen molar-refractivity contribution in [3.63, 3.8) is 0 Å². The summed E-state index contributed by atoms with van der Waals surface area (Å²) < 4.78 is 34.9. The zero-order valence-electron chi connectivity index (χ0n) is 21.7. The minimum Gasteiger partial charge on any atom is -0.493 e. The standard InChI is InChI=1S/C30H36N2O4S/c1-3-25-15-17-28(18-16-25)37(34,35)32-20-10-19-30(23-32,24-36-27-13-8-5-9-14-27)21-29(33)31(2)22-26-11-6-4-7-12-26/h4-9,11-18H,3,10,19-24H2,1-2H3/t30-/m0/s1. The van der Waals surface area contributed by atoms with Gasteiger partial charge in [-0.05, 0) is 54.7 Å². The Bertz CT molecular complexity index is 1260. The number of amides is 1. The van der Waals surface area contributed by atoms with E-state index in [1.165, 1.54) is 4.31 Å². The number of aryl methyl sites for hydroxylation is 1. The average molecular weight is 521 g/mol. The number of carbonyl (C=O) groups is 1. The third kappa shape index (κ3) is 6.79. The Morgan fingerprint density at radius 2 is 1.59 bits per heavy atom. The largest absolute Gasteiger partial charge is 0.493 e. The Morgan fingerprint density at radius 1 is 0.946 bits per heavy atom. The first kappa shape index (κ1) is 26.9. The molecule has 1 heterocycles. The molecule has 1 saturated heterocycles. The molecular weight excluding hydrogens is 484 g/mol. The summed E-state index contributed by atoms with van der Waals surface area (Å²) in [6.07, 6.45) is 2.44. The summed E-state index contributed by atoms with van der Waals surface area (Å²) in [5.41, 5.74) is 1.51. The van der Waals surface area contributed by atoms with Gasteiger partial charge in [-0.25, -0.2) is 8.42 Å². The summed E-state index contributed by atoms with van der Waals surface area (Å²) in [7, 11) is -1.89. The summed E-state index contributed by atoms with van der Waals surface area (Å²) in [4.78, 5) is 15.4. The molecule has 7 heteroatoms. The van der Waals surface area contributed by atoms with E-state index >= 15 is 0 Å². The van der Waals surface area contributed by atoms with Crippen LogP contribution in [0.3, 0.4) is 0 Å². The van der Waals surface area contributed by atoms with Gasteiger partial charge in [0.15, 0.2) is 0 Å². The van der Waals surface area contributed by atoms with Gasteiger partial charge in [-0.2, -0.15) is 4.31 Å². The van der Waals surface area contributed by atoms with Gasteiger partial charge in [0.25, 0.3) is 0 Å². The van der Waals surface area contributed by atoms with E-state index in [0.717, 1.165) is 17.5 Å². The first-order valence-corrected chi connectivity index (χ1v) is 14.3. The smallest absolute Gasteiger partial charge is 0.243 e. The van der Waals surface area contributed by atoms with Crippen molar-refractivity contribution in [2.75, 3.05) is 26.7 Å². The summed E-state index contributed by atoms with van der Waals surface area (Å²) in [5.74, 6) is 0.689. The van der Waals surface area contributed by atoms with Crippen LogP contribution in [0.15, 0.2) is 89.8 Å². The summed E-state index contributed by atoms with van der Waals surface area (Å²) in [5, 5.41) is 0. The molecule has 6 nitrogen and oxygen atoms in total. The van der Waals surface area contributed by atoms with E-state index in [-0.39, 0.29) is 30.4 Å². The van der Waals surface area contributed by atoms with Crippen LogP contribution in [0.4, 0.5) is 0 Å². The van der Waals surface area contributed by atoms with Crippen molar-refractivity contribution >= 4 is 15.9 Å². The topological polar surface area (TPSA) is 66.9 Å². The van der Waals surface area contributed by atoms with Gasteiger partial charge in [0, 0.05) is 38.5 Å². The number of hydrogen-bond acceptors (Lipinski definition) is 4. The van der Waals surface area contributed by atoms with Crippen molar-refractivity contribution in [1.82, 2.24) is 9.21 Å². The molecule has 0 aromatic heterocycles. The summed E-state index contributed by atoms with van der Waals surface area (Å²) in [6, 6.07) is 26.4. The Morgan fingerprint density at radius 3 is 2.24 bits per heavy atom. The van der Waals surface area contributed by atoms with Crippen LogP contribution < -0.4 is 4.74 Å². The van der Waals surface area contributed by atoms with E-state index in [1.807, 2.05) is 79.7 Å². The molecule has 0 spiro atoms. The number of ether oxygens (including phenoxy) is 1. The number of hydrogen-bond donors (Lipinski definition) is 0. The fraction of sp³-hybridized carbons (Fsp3) is 0.367. The van der Waals surface area contributed by atoms with Gasteiger partial charge in [0.05, 0.1) is 11.5 Å². The summed E-state index contributed by atoms with van der Waals surface area (Å²) >= 11 is 0. The van der Waals surface area contributed by atoms with Gasteiger partial charge < -0.3 is 9.64 Å². The van der Waals surface area contributed by atoms with E-state index in [0.29, 0.717) is 31.7 Å². The predicted molar refractivity (Wildman–Crippen MR) is 146 cm³/mol. The van der Waals surface area contributed by atoms with E-state index in [1.54, 1.807) is 24.1 Å². The van der Waals surface area contributed by atoms with Gasteiger partial charge in [0.1, 0.15) is 5.75 Å². The minimum atomic E-state index is -3.69. The Hall–Kier alpha value is -3.16. The number of sulfonamides is 1. The highest BCUT2D eigenvalue weighted by atomic mass is 32.2. The van der Waals surface area contributed by atoms with E-state index in [9.17, 15) is 13.2 Å². The molecule has 1 aliphatic heterocycles. The number of carbonyl (C=O) groups excluding carboxylic acids is 1. The lowest BCUT2D eigenvalue weighted by Gasteiger charge is -2.42. The quantitative estimate of drug-likeness (QED) is 0.371. The maximum Gasteiger partial charge on any atom is 0.243 e. The average Bonchev–Trinajstić information content (AvgIpc) is 2.93. The number of rotatable bonds is 10. The maximum absolute atomic E-state index is 13.6. The van der Waals surface area contributed by atoms with Crippen molar-refractivity contribution in [2.45, 2.75) is 44.0 Å². The normalized spacial score (nSPS) is 18.3. The molecule has 0 N–H and O–H groups in total. The fourth-order valence-electron chi connectivity index (χ4n) is 4.88. The number of piperidine rings is 1. The van der Waals surface area contributed by atoms with Crippen molar-refractivity contribution in [1.29, 1.82) is 0 Å². The molecule has 37 heavy (non-hydrogen) atoms. The lowest BCUT2D eigenvalue weighted by molar-refractivity contribution is -0.134. The number of benzene rings is 3. The highest BCUT2D eigenvalue weighted by Crippen LogP contribution is 2.37. The zero-order valence-corrected chi connectivity index (χ0v) is 22.5. The third-order valence-electron chi connectivity index (χ3n) is 7.10. The lowest BCUT2D eigenvalue weighted by Crippen LogP contribution is -2.50. The van der Waals surface area contributed by atoms with Crippen LogP contribution >= 0.6 is 0 Å². The second-order valence-corrected chi connectivity index (χ2v) is 11.9. The number of para-hydroxylation sites is 1.